The Bertz CT molecular complexity index is 3290. The highest BCUT2D eigenvalue weighted by molar-refractivity contribution is 6.32. The van der Waals surface area contributed by atoms with Crippen molar-refractivity contribution in [2.75, 3.05) is 36.9 Å². The van der Waals surface area contributed by atoms with E-state index in [-0.39, 0.29) is 92.6 Å². The number of ketones is 4. The van der Waals surface area contributed by atoms with E-state index < -0.39 is 23.4 Å². The fourth-order valence-corrected chi connectivity index (χ4v) is 14.4. The van der Waals surface area contributed by atoms with Crippen molar-refractivity contribution >= 4 is 57.7 Å². The van der Waals surface area contributed by atoms with Gasteiger partial charge >= 0.3 is 0 Å². The van der Waals surface area contributed by atoms with E-state index in [1.165, 1.54) is 166 Å². The number of fused-ring (bicyclic) bond motifs is 4. The standard InChI is InChI=1S/C82H106N4O10/c1-3-5-7-23-35-57(37-25-19-15-11-9-13-17-21-31-51-83-81(95)67(55-87)59-39-33-41-61(53-59)85-69-47-49-71(89)75-73(69)77(91)63-43-27-29-45-65(63)79(75)93)58(36-24-8-6-4-2)38-26-20-16-12-10-14-18-22-32-52-84-82(96)68(56-88)60-40-34-42-62(54-60)86-70-48-50-72(90)76-74(70)78(92)64-44-28-30-46-66(64)80(76)94/h27-30,33-34,39-50,53-54,57-58,67-68,85-90H,3-26,31-32,35-38,51-52,55-56H2,1-2H3,(H,83,95)(H,84,96). The van der Waals surface area contributed by atoms with Crippen molar-refractivity contribution in [3.63, 3.8) is 0 Å². The maximum atomic E-state index is 13.6. The van der Waals surface area contributed by atoms with Gasteiger partial charge in [0.05, 0.1) is 58.7 Å². The molecule has 0 radical (unpaired) electrons. The highest BCUT2D eigenvalue weighted by Crippen LogP contribution is 2.41. The molecule has 4 unspecified atom stereocenters. The molecule has 0 spiro atoms. The number of rotatable bonds is 45. The number of benzene rings is 6. The first-order chi connectivity index (χ1) is 46.9. The molecule has 6 aromatic rings. The van der Waals surface area contributed by atoms with Crippen molar-refractivity contribution in [2.24, 2.45) is 11.8 Å². The van der Waals surface area contributed by atoms with Gasteiger partial charge in [-0.2, -0.15) is 0 Å². The summed E-state index contributed by atoms with van der Waals surface area (Å²) in [5.74, 6) is -2.46. The van der Waals surface area contributed by atoms with Crippen LogP contribution in [0.25, 0.3) is 0 Å². The number of hydrogen-bond donors (Lipinski definition) is 8. The molecular formula is C82H106N4O10. The second-order valence-corrected chi connectivity index (χ2v) is 26.9. The maximum Gasteiger partial charge on any atom is 0.229 e. The summed E-state index contributed by atoms with van der Waals surface area (Å²) >= 11 is 0. The number of phenolic OH excluding ortho intramolecular Hbond substituents is 2. The summed E-state index contributed by atoms with van der Waals surface area (Å²) in [6.45, 7) is 4.96. The summed E-state index contributed by atoms with van der Waals surface area (Å²) in [5.41, 5.74) is 4.28. The molecule has 0 saturated heterocycles. The Morgan fingerprint density at radius 2 is 0.656 bits per heavy atom. The van der Waals surface area contributed by atoms with Crippen molar-refractivity contribution in [2.45, 2.75) is 218 Å². The fourth-order valence-electron chi connectivity index (χ4n) is 14.4. The summed E-state index contributed by atoms with van der Waals surface area (Å²) in [6.07, 6.45) is 37.5. The quantitative estimate of drug-likeness (QED) is 0.0132. The normalized spacial score (nSPS) is 13.7. The number of unbranched alkanes of at least 4 members (excludes halogenated alkanes) is 22. The van der Waals surface area contributed by atoms with E-state index in [0.717, 1.165) is 50.4 Å². The molecule has 6 aromatic carbocycles. The molecular weight excluding hydrogens is 1200 g/mol. The Balaban J connectivity index is 0.673. The fraction of sp³-hybridized carbons (Fsp3) is 0.488. The zero-order valence-corrected chi connectivity index (χ0v) is 57.1. The van der Waals surface area contributed by atoms with E-state index in [1.54, 1.807) is 109 Å². The lowest BCUT2D eigenvalue weighted by atomic mass is 9.78. The number of amides is 2. The van der Waals surface area contributed by atoms with Gasteiger partial charge in [0.25, 0.3) is 0 Å². The Morgan fingerprint density at radius 3 is 0.979 bits per heavy atom. The smallest absolute Gasteiger partial charge is 0.229 e. The average molecular weight is 1310 g/mol. The minimum Gasteiger partial charge on any atom is -0.507 e. The van der Waals surface area contributed by atoms with Crippen LogP contribution in [0.2, 0.25) is 0 Å². The molecule has 2 aliphatic carbocycles. The van der Waals surface area contributed by atoms with Crippen LogP contribution in [0.4, 0.5) is 22.7 Å². The second-order valence-electron chi connectivity index (χ2n) is 26.9. The van der Waals surface area contributed by atoms with Crippen LogP contribution >= 0.6 is 0 Å². The van der Waals surface area contributed by atoms with Gasteiger partial charge in [0, 0.05) is 46.7 Å². The number of hydrogen-bond acceptors (Lipinski definition) is 12. The average Bonchev–Trinajstić information content (AvgIpc) is 0.753. The minimum absolute atomic E-state index is 0.0388. The third-order valence-corrected chi connectivity index (χ3v) is 19.9. The number of nitrogens with one attached hydrogen (secondary N) is 4. The molecule has 8 rings (SSSR count). The summed E-state index contributed by atoms with van der Waals surface area (Å²) in [7, 11) is 0. The molecule has 0 aromatic heterocycles. The Kier molecular flexibility index (Phi) is 30.3. The summed E-state index contributed by atoms with van der Waals surface area (Å²) < 4.78 is 0. The summed E-state index contributed by atoms with van der Waals surface area (Å²) in [6, 6.07) is 33.4. The number of aliphatic hydroxyl groups excluding tert-OH is 2. The van der Waals surface area contributed by atoms with Gasteiger partial charge < -0.3 is 41.7 Å². The number of anilines is 4. The van der Waals surface area contributed by atoms with E-state index in [4.69, 9.17) is 0 Å². The van der Waals surface area contributed by atoms with Crippen molar-refractivity contribution in [3.05, 3.63) is 177 Å². The van der Waals surface area contributed by atoms with Crippen LogP contribution in [0, 0.1) is 11.8 Å². The van der Waals surface area contributed by atoms with Gasteiger partial charge in [-0.25, -0.2) is 0 Å². The van der Waals surface area contributed by atoms with Crippen LogP contribution in [0.5, 0.6) is 11.5 Å². The first-order valence-electron chi connectivity index (χ1n) is 36.5. The molecule has 14 nitrogen and oxygen atoms in total. The Hall–Kier alpha value is -7.94. The first kappa shape index (κ1) is 73.9. The van der Waals surface area contributed by atoms with E-state index in [9.17, 15) is 49.2 Å². The van der Waals surface area contributed by atoms with Gasteiger partial charge in [-0.05, 0) is 84.3 Å². The van der Waals surface area contributed by atoms with Crippen LogP contribution in [-0.4, -0.2) is 81.7 Å². The number of aromatic hydroxyl groups is 2. The van der Waals surface area contributed by atoms with Gasteiger partial charge in [0.1, 0.15) is 11.5 Å². The van der Waals surface area contributed by atoms with E-state index in [1.807, 2.05) is 0 Å². The molecule has 2 amide bonds. The zero-order valence-electron chi connectivity index (χ0n) is 57.1. The SMILES string of the molecule is CCCCCCC(CCCCCCCCCCCNC(=O)C(CO)c1cccc(Nc2ccc(O)c3c2C(=O)c2ccccc2C3=O)c1)C(CCCCCC)CCCCCCCCCCCNC(=O)C(CO)c1cccc(Nc2ccc(O)c3c2C(=O)c2ccccc2C3=O)c1. The van der Waals surface area contributed by atoms with Crippen LogP contribution in [0.1, 0.15) is 293 Å². The van der Waals surface area contributed by atoms with Crippen molar-refractivity contribution < 1.29 is 49.2 Å². The molecule has 96 heavy (non-hydrogen) atoms. The van der Waals surface area contributed by atoms with Crippen LogP contribution < -0.4 is 21.3 Å². The molecule has 0 heterocycles. The molecule has 0 fully saturated rings. The van der Waals surface area contributed by atoms with E-state index in [0.29, 0.717) is 47.0 Å². The predicted octanol–water partition coefficient (Wildman–Crippen LogP) is 18.2. The summed E-state index contributed by atoms with van der Waals surface area (Å²) in [4.78, 5) is 80.8. The first-order valence-corrected chi connectivity index (χ1v) is 36.5. The lowest BCUT2D eigenvalue weighted by Crippen LogP contribution is -2.32. The topological polar surface area (TPSA) is 231 Å². The highest BCUT2D eigenvalue weighted by Gasteiger charge is 2.36. The number of carbonyl (C=O) groups is 6. The van der Waals surface area contributed by atoms with Crippen molar-refractivity contribution in [3.8, 4) is 11.5 Å². The Morgan fingerprint density at radius 1 is 0.354 bits per heavy atom. The molecule has 4 atom stereocenters. The largest absolute Gasteiger partial charge is 0.507 e. The second kappa shape index (κ2) is 39.3. The van der Waals surface area contributed by atoms with E-state index in [2.05, 4.69) is 35.1 Å². The Labute approximate surface area is 570 Å². The molecule has 14 heteroatoms. The van der Waals surface area contributed by atoms with Gasteiger partial charge in [-0.15, -0.1) is 0 Å². The zero-order chi connectivity index (χ0) is 68.0. The van der Waals surface area contributed by atoms with Crippen molar-refractivity contribution in [1.29, 1.82) is 0 Å². The molecule has 8 N–H and O–H groups in total. The minimum atomic E-state index is -0.779. The van der Waals surface area contributed by atoms with Gasteiger partial charge in [0.2, 0.25) is 11.8 Å². The molecule has 2 aliphatic rings. The molecule has 0 aliphatic heterocycles. The van der Waals surface area contributed by atoms with Crippen LogP contribution in [0.15, 0.2) is 121 Å². The van der Waals surface area contributed by atoms with E-state index >= 15 is 0 Å². The molecule has 514 valence electrons. The third-order valence-electron chi connectivity index (χ3n) is 19.9. The number of phenols is 2. The van der Waals surface area contributed by atoms with Crippen LogP contribution in [-0.2, 0) is 9.59 Å². The van der Waals surface area contributed by atoms with Crippen molar-refractivity contribution in [1.82, 2.24) is 10.6 Å². The monoisotopic (exact) mass is 1310 g/mol. The van der Waals surface area contributed by atoms with Gasteiger partial charge in [-0.1, -0.05) is 266 Å². The van der Waals surface area contributed by atoms with Gasteiger partial charge in [-0.3, -0.25) is 28.8 Å². The number of carbonyl (C=O) groups excluding carboxylic acids is 6. The third kappa shape index (κ3) is 20.6. The molecule has 0 saturated carbocycles. The number of aliphatic hydroxyl groups is 2. The lowest BCUT2D eigenvalue weighted by molar-refractivity contribution is -0.124. The lowest BCUT2D eigenvalue weighted by Gasteiger charge is -2.28. The maximum absolute atomic E-state index is 13.6. The summed E-state index contributed by atoms with van der Waals surface area (Å²) in [5, 5.41) is 54.6. The van der Waals surface area contributed by atoms with Gasteiger partial charge in [0.15, 0.2) is 23.1 Å². The van der Waals surface area contributed by atoms with Crippen LogP contribution in [0.3, 0.4) is 0 Å². The predicted molar refractivity (Wildman–Crippen MR) is 385 cm³/mol. The highest BCUT2D eigenvalue weighted by atomic mass is 16.3. The molecule has 0 bridgehead atoms.